The Morgan fingerprint density at radius 3 is 2.61 bits per heavy atom. The van der Waals surface area contributed by atoms with Crippen molar-refractivity contribution in [3.63, 3.8) is 0 Å². The summed E-state index contributed by atoms with van der Waals surface area (Å²) in [6.07, 6.45) is 6.70. The molecule has 156 valence electrons. The fourth-order valence-electron chi connectivity index (χ4n) is 4.06. The van der Waals surface area contributed by atoms with E-state index >= 15 is 0 Å². The Balaban J connectivity index is 2.03. The summed E-state index contributed by atoms with van der Waals surface area (Å²) in [5.74, 6) is -1.07. The molecule has 0 unspecified atom stereocenters. The van der Waals surface area contributed by atoms with Gasteiger partial charge in [-0.3, -0.25) is 24.9 Å². The molecule has 0 aromatic carbocycles. The van der Waals surface area contributed by atoms with Crippen LogP contribution in [0.15, 0.2) is 12.7 Å². The van der Waals surface area contributed by atoms with E-state index in [9.17, 15) is 24.4 Å². The third kappa shape index (κ3) is 6.05. The van der Waals surface area contributed by atoms with E-state index in [2.05, 4.69) is 11.9 Å². The molecule has 1 aliphatic heterocycles. The first-order chi connectivity index (χ1) is 13.5. The topological polar surface area (TPSA) is 116 Å². The summed E-state index contributed by atoms with van der Waals surface area (Å²) in [6.45, 7) is 3.69. The van der Waals surface area contributed by atoms with Gasteiger partial charge < -0.3 is 9.64 Å². The Hall–Kier alpha value is -2.42. The van der Waals surface area contributed by atoms with Crippen LogP contribution in [0.4, 0.5) is 4.79 Å². The molecule has 9 nitrogen and oxygen atoms in total. The second kappa shape index (κ2) is 10.8. The summed E-state index contributed by atoms with van der Waals surface area (Å²) in [4.78, 5) is 49.4. The number of ether oxygens (including phenoxy) is 1. The Morgan fingerprint density at radius 2 is 1.96 bits per heavy atom. The summed E-state index contributed by atoms with van der Waals surface area (Å²) in [6, 6.07) is -0.766. The van der Waals surface area contributed by atoms with Crippen LogP contribution in [0.3, 0.4) is 0 Å². The molecule has 2 rings (SSSR count). The molecule has 0 bridgehead atoms. The van der Waals surface area contributed by atoms with Crippen LogP contribution in [-0.4, -0.2) is 65.2 Å². The predicted octanol–water partition coefficient (Wildman–Crippen LogP) is 1.46. The Morgan fingerprint density at radius 1 is 1.25 bits per heavy atom. The van der Waals surface area contributed by atoms with Crippen molar-refractivity contribution in [2.75, 3.05) is 19.7 Å². The largest absolute Gasteiger partial charge is 0.445 e. The van der Waals surface area contributed by atoms with Crippen molar-refractivity contribution < 1.29 is 29.1 Å². The number of amides is 4. The van der Waals surface area contributed by atoms with E-state index in [0.717, 1.165) is 25.7 Å². The number of hydroxylamine groups is 2. The zero-order valence-corrected chi connectivity index (χ0v) is 16.0. The van der Waals surface area contributed by atoms with Crippen molar-refractivity contribution in [3.05, 3.63) is 12.7 Å². The fraction of sp³-hybridized carbons (Fsp3) is 0.684. The molecule has 1 saturated carbocycles. The summed E-state index contributed by atoms with van der Waals surface area (Å²) in [5.41, 5.74) is 0. The summed E-state index contributed by atoms with van der Waals surface area (Å²) in [5, 5.41) is 12.2. The smallest absolute Gasteiger partial charge is 0.414 e. The molecule has 0 spiro atoms. The van der Waals surface area contributed by atoms with E-state index in [-0.39, 0.29) is 25.5 Å². The van der Waals surface area contributed by atoms with Gasteiger partial charge in [-0.05, 0) is 25.2 Å². The number of hydrogen-bond donors (Lipinski definition) is 2. The molecule has 1 saturated heterocycles. The van der Waals surface area contributed by atoms with Gasteiger partial charge in [-0.1, -0.05) is 38.3 Å². The van der Waals surface area contributed by atoms with E-state index < -0.39 is 24.0 Å². The first-order valence-electron chi connectivity index (χ1n) is 9.76. The second-order valence-corrected chi connectivity index (χ2v) is 7.38. The highest BCUT2D eigenvalue weighted by Crippen LogP contribution is 2.32. The van der Waals surface area contributed by atoms with Crippen LogP contribution in [0, 0.1) is 11.8 Å². The van der Waals surface area contributed by atoms with Gasteiger partial charge in [-0.25, -0.2) is 9.86 Å². The fourth-order valence-corrected chi connectivity index (χ4v) is 4.06. The number of carbonyl (C=O) groups excluding carboxylic acids is 4. The van der Waals surface area contributed by atoms with Gasteiger partial charge in [0.15, 0.2) is 0 Å². The van der Waals surface area contributed by atoms with Crippen molar-refractivity contribution in [2.24, 2.45) is 11.8 Å². The monoisotopic (exact) mass is 395 g/mol. The predicted molar refractivity (Wildman–Crippen MR) is 99.0 cm³/mol. The Kier molecular flexibility index (Phi) is 8.43. The molecule has 2 atom stereocenters. The lowest BCUT2D eigenvalue weighted by Gasteiger charge is -2.30. The zero-order chi connectivity index (χ0) is 20.5. The summed E-state index contributed by atoms with van der Waals surface area (Å²) in [7, 11) is 0. The minimum absolute atomic E-state index is 0.0199. The molecule has 1 heterocycles. The van der Waals surface area contributed by atoms with Gasteiger partial charge in [0, 0.05) is 6.54 Å². The molecule has 4 amide bonds. The van der Waals surface area contributed by atoms with Crippen molar-refractivity contribution >= 4 is 24.3 Å². The van der Waals surface area contributed by atoms with Gasteiger partial charge in [0.25, 0.3) is 5.91 Å². The van der Waals surface area contributed by atoms with Crippen molar-refractivity contribution in [3.8, 4) is 0 Å². The average Bonchev–Trinajstić information content (AvgIpc) is 3.36. The molecular formula is C19H29N3O6. The summed E-state index contributed by atoms with van der Waals surface area (Å²) >= 11 is 0. The van der Waals surface area contributed by atoms with Gasteiger partial charge in [0.2, 0.25) is 12.3 Å². The van der Waals surface area contributed by atoms with Crippen LogP contribution < -0.4 is 5.32 Å². The first kappa shape index (κ1) is 21.9. The van der Waals surface area contributed by atoms with E-state index in [4.69, 9.17) is 4.74 Å². The highest BCUT2D eigenvalue weighted by atomic mass is 16.5. The lowest BCUT2D eigenvalue weighted by Crippen LogP contribution is -2.50. The Labute approximate surface area is 164 Å². The second-order valence-electron chi connectivity index (χ2n) is 7.38. The van der Waals surface area contributed by atoms with E-state index in [1.165, 1.54) is 11.0 Å². The first-order valence-corrected chi connectivity index (χ1v) is 9.76. The number of likely N-dealkylation sites (tertiary alicyclic amines) is 1. The van der Waals surface area contributed by atoms with Crippen LogP contribution >= 0.6 is 0 Å². The maximum atomic E-state index is 13.1. The van der Waals surface area contributed by atoms with Crippen LogP contribution in [0.2, 0.25) is 0 Å². The number of rotatable bonds is 9. The molecule has 28 heavy (non-hydrogen) atoms. The van der Waals surface area contributed by atoms with Crippen LogP contribution in [-0.2, 0) is 19.1 Å². The van der Waals surface area contributed by atoms with Gasteiger partial charge >= 0.3 is 6.09 Å². The van der Waals surface area contributed by atoms with Crippen LogP contribution in [0.5, 0.6) is 0 Å². The van der Waals surface area contributed by atoms with Gasteiger partial charge in [0.05, 0.1) is 12.5 Å². The number of alkyl carbamates (subject to hydrolysis) is 1. The average molecular weight is 395 g/mol. The maximum absolute atomic E-state index is 13.1. The number of hydrogen-bond acceptors (Lipinski definition) is 6. The molecule has 0 aromatic heterocycles. The minimum Gasteiger partial charge on any atom is -0.445 e. The molecule has 0 radical (unpaired) electrons. The van der Waals surface area contributed by atoms with Gasteiger partial charge in [-0.2, -0.15) is 0 Å². The molecule has 2 N–H and O–H groups in total. The standard InChI is InChI=1S/C19H29N3O6/c1-2-10-28-19(26)20-17(24)16-8-5-9-22(16)18(25)15(12-21(27)13-23)11-14-6-3-4-7-14/h2,13-16,27H,1,3-12H2,(H,20,24,26)/t15-,16+/m1/s1. The van der Waals surface area contributed by atoms with Crippen molar-refractivity contribution in [1.29, 1.82) is 0 Å². The highest BCUT2D eigenvalue weighted by Gasteiger charge is 2.39. The maximum Gasteiger partial charge on any atom is 0.414 e. The third-order valence-corrected chi connectivity index (χ3v) is 5.37. The zero-order valence-electron chi connectivity index (χ0n) is 16.0. The normalized spacial score (nSPS) is 20.5. The molecule has 9 heteroatoms. The quantitative estimate of drug-likeness (QED) is 0.264. The molecule has 1 aliphatic carbocycles. The number of nitrogens with one attached hydrogen (secondary N) is 1. The van der Waals surface area contributed by atoms with Crippen LogP contribution in [0.25, 0.3) is 0 Å². The Bertz CT molecular complexity index is 590. The third-order valence-electron chi connectivity index (χ3n) is 5.37. The lowest BCUT2D eigenvalue weighted by molar-refractivity contribution is -0.158. The van der Waals surface area contributed by atoms with E-state index in [0.29, 0.717) is 36.8 Å². The van der Waals surface area contributed by atoms with Gasteiger partial charge in [0.1, 0.15) is 12.6 Å². The SMILES string of the molecule is C=CCOC(=O)NC(=O)[C@@H]1CCCN1C(=O)[C@H](CC1CCCC1)CN(O)C=O. The van der Waals surface area contributed by atoms with Crippen molar-refractivity contribution in [2.45, 2.75) is 51.0 Å². The number of nitrogens with zero attached hydrogens (tertiary/aromatic N) is 2. The molecular weight excluding hydrogens is 366 g/mol. The molecule has 2 fully saturated rings. The van der Waals surface area contributed by atoms with E-state index in [1.54, 1.807) is 0 Å². The lowest BCUT2D eigenvalue weighted by atomic mass is 9.91. The number of imide groups is 1. The van der Waals surface area contributed by atoms with Crippen molar-refractivity contribution in [1.82, 2.24) is 15.3 Å². The summed E-state index contributed by atoms with van der Waals surface area (Å²) < 4.78 is 4.75. The molecule has 2 aliphatic rings. The van der Waals surface area contributed by atoms with Gasteiger partial charge in [-0.15, -0.1) is 0 Å². The highest BCUT2D eigenvalue weighted by molar-refractivity contribution is 5.97. The minimum atomic E-state index is -0.880. The van der Waals surface area contributed by atoms with Crippen LogP contribution in [0.1, 0.15) is 44.9 Å². The molecule has 0 aromatic rings. The van der Waals surface area contributed by atoms with E-state index in [1.807, 2.05) is 0 Å². The number of carbonyl (C=O) groups is 4.